The monoisotopic (exact) mass is 304 g/mol. The van der Waals surface area contributed by atoms with E-state index in [1.165, 1.54) is 16.2 Å². The number of nitrogens with zero attached hydrogens (tertiary/aromatic N) is 2. The topological polar surface area (TPSA) is 70.5 Å². The molecule has 2 amide bonds. The normalized spacial score (nSPS) is 27.7. The van der Waals surface area contributed by atoms with Crippen molar-refractivity contribution in [3.8, 4) is 11.8 Å². The number of amides is 2. The van der Waals surface area contributed by atoms with Crippen LogP contribution in [0, 0.1) is 29.6 Å². The Labute approximate surface area is 127 Å². The molecule has 21 heavy (non-hydrogen) atoms. The smallest absolute Gasteiger partial charge is 0.239 e. The molecule has 0 aromatic carbocycles. The zero-order chi connectivity index (χ0) is 15.0. The highest BCUT2D eigenvalue weighted by atomic mass is 32.1. The molecule has 2 atom stereocenters. The molecule has 1 aliphatic carbocycles. The lowest BCUT2D eigenvalue weighted by Crippen LogP contribution is -2.31. The van der Waals surface area contributed by atoms with Gasteiger partial charge in [0, 0.05) is 6.42 Å². The van der Waals surface area contributed by atoms with Gasteiger partial charge >= 0.3 is 0 Å². The third-order valence-corrected chi connectivity index (χ3v) is 4.90. The maximum absolute atomic E-state index is 12.4. The van der Waals surface area contributed by atoms with Crippen molar-refractivity contribution in [2.75, 3.05) is 11.5 Å². The molecule has 1 aromatic heterocycles. The lowest BCUT2D eigenvalue weighted by atomic mass is 10.00. The molecule has 2 heterocycles. The summed E-state index contributed by atoms with van der Waals surface area (Å²) in [5.74, 6) is 5.56. The fraction of sp³-hybridized carbons (Fsp3) is 0.533. The lowest BCUT2D eigenvalue weighted by Gasteiger charge is -2.12. The first-order chi connectivity index (χ1) is 10.1. The van der Waals surface area contributed by atoms with Gasteiger partial charge in [0.2, 0.25) is 11.8 Å². The standard InChI is InChI=1S/C15H16N2O3S/c1-9-6-11-12(7-9)14(20)17(13(11)19)15-16-8-10(21-15)4-2-3-5-18/h8-9,11-12,18H,3,5-7H2,1H3. The first kappa shape index (κ1) is 14.2. The zero-order valence-corrected chi connectivity index (χ0v) is 12.5. The van der Waals surface area contributed by atoms with E-state index < -0.39 is 0 Å². The number of aliphatic hydroxyl groups is 1. The molecular formula is C15H16N2O3S. The lowest BCUT2D eigenvalue weighted by molar-refractivity contribution is -0.123. The van der Waals surface area contributed by atoms with E-state index in [2.05, 4.69) is 23.7 Å². The van der Waals surface area contributed by atoms with Gasteiger partial charge in [-0.25, -0.2) is 9.88 Å². The molecule has 1 aromatic rings. The molecule has 6 heteroatoms. The van der Waals surface area contributed by atoms with Gasteiger partial charge in [0.1, 0.15) is 0 Å². The van der Waals surface area contributed by atoms with Crippen LogP contribution in [0.15, 0.2) is 6.20 Å². The number of hydrogen-bond acceptors (Lipinski definition) is 5. The summed E-state index contributed by atoms with van der Waals surface area (Å²) in [6.45, 7) is 2.10. The van der Waals surface area contributed by atoms with Gasteiger partial charge in [-0.2, -0.15) is 0 Å². The number of carbonyl (C=O) groups is 2. The van der Waals surface area contributed by atoms with Crippen LogP contribution in [0.1, 0.15) is 31.1 Å². The minimum atomic E-state index is -0.166. The molecule has 0 spiro atoms. The second-order valence-corrected chi connectivity index (χ2v) is 6.59. The van der Waals surface area contributed by atoms with Gasteiger partial charge in [-0.05, 0) is 18.8 Å². The predicted molar refractivity (Wildman–Crippen MR) is 78.6 cm³/mol. The second-order valence-electron chi connectivity index (χ2n) is 5.58. The van der Waals surface area contributed by atoms with Crippen LogP contribution in [0.3, 0.4) is 0 Å². The maximum Gasteiger partial charge on any atom is 0.239 e. The van der Waals surface area contributed by atoms with Crippen LogP contribution in [0.5, 0.6) is 0 Å². The number of thiazole rings is 1. The number of aliphatic hydroxyl groups excluding tert-OH is 1. The van der Waals surface area contributed by atoms with Crippen molar-refractivity contribution < 1.29 is 14.7 Å². The molecule has 0 radical (unpaired) electrons. The molecule has 3 rings (SSSR count). The van der Waals surface area contributed by atoms with E-state index in [0.717, 1.165) is 12.8 Å². The number of rotatable bonds is 2. The highest BCUT2D eigenvalue weighted by Crippen LogP contribution is 2.44. The number of anilines is 1. The predicted octanol–water partition coefficient (Wildman–Crippen LogP) is 1.41. The molecule has 110 valence electrons. The number of hydrogen-bond donors (Lipinski definition) is 1. The molecule has 1 saturated carbocycles. The SMILES string of the molecule is CC1CC2C(=O)N(c3ncc(C#CCCO)s3)C(=O)C2C1. The Kier molecular flexibility index (Phi) is 3.79. The summed E-state index contributed by atoms with van der Waals surface area (Å²) in [5.41, 5.74) is 0. The minimum Gasteiger partial charge on any atom is -0.395 e. The van der Waals surface area contributed by atoms with E-state index in [4.69, 9.17) is 5.11 Å². The Morgan fingerprint density at radius 1 is 1.38 bits per heavy atom. The first-order valence-corrected chi connectivity index (χ1v) is 7.87. The van der Waals surface area contributed by atoms with Crippen LogP contribution >= 0.6 is 11.3 Å². The molecule has 2 aliphatic rings. The van der Waals surface area contributed by atoms with Gasteiger partial charge < -0.3 is 5.11 Å². The number of aromatic nitrogens is 1. The Morgan fingerprint density at radius 3 is 2.67 bits per heavy atom. The van der Waals surface area contributed by atoms with Crippen molar-refractivity contribution in [1.82, 2.24) is 4.98 Å². The Balaban J connectivity index is 1.81. The van der Waals surface area contributed by atoms with E-state index in [1.54, 1.807) is 6.20 Å². The van der Waals surface area contributed by atoms with E-state index in [-0.39, 0.29) is 30.3 Å². The van der Waals surface area contributed by atoms with Crippen LogP contribution in [-0.2, 0) is 9.59 Å². The third kappa shape index (κ3) is 2.47. The van der Waals surface area contributed by atoms with E-state index in [9.17, 15) is 9.59 Å². The summed E-state index contributed by atoms with van der Waals surface area (Å²) in [7, 11) is 0. The average molecular weight is 304 g/mol. The molecule has 5 nitrogen and oxygen atoms in total. The molecule has 1 aliphatic heterocycles. The van der Waals surface area contributed by atoms with Gasteiger partial charge in [0.25, 0.3) is 0 Å². The van der Waals surface area contributed by atoms with Crippen molar-refractivity contribution >= 4 is 28.3 Å². The summed E-state index contributed by atoms with van der Waals surface area (Å²) >= 11 is 1.25. The number of fused-ring (bicyclic) bond motifs is 1. The Bertz CT molecular complexity index is 619. The fourth-order valence-corrected chi connectivity index (χ4v) is 3.90. The summed E-state index contributed by atoms with van der Waals surface area (Å²) in [6.07, 6.45) is 3.55. The molecule has 1 saturated heterocycles. The summed E-state index contributed by atoms with van der Waals surface area (Å²) < 4.78 is 0. The van der Waals surface area contributed by atoms with Crippen LogP contribution in [0.4, 0.5) is 5.13 Å². The van der Waals surface area contributed by atoms with Crippen molar-refractivity contribution in [2.45, 2.75) is 26.2 Å². The van der Waals surface area contributed by atoms with Crippen molar-refractivity contribution in [1.29, 1.82) is 0 Å². The van der Waals surface area contributed by atoms with Gasteiger partial charge in [-0.3, -0.25) is 9.59 Å². The van der Waals surface area contributed by atoms with Crippen LogP contribution in [0.25, 0.3) is 0 Å². The highest BCUT2D eigenvalue weighted by molar-refractivity contribution is 7.16. The quantitative estimate of drug-likeness (QED) is 0.662. The van der Waals surface area contributed by atoms with Gasteiger partial charge in [0.15, 0.2) is 5.13 Å². The largest absolute Gasteiger partial charge is 0.395 e. The maximum atomic E-state index is 12.4. The summed E-state index contributed by atoms with van der Waals surface area (Å²) in [5, 5.41) is 9.11. The van der Waals surface area contributed by atoms with Gasteiger partial charge in [0.05, 0.1) is 29.5 Å². The first-order valence-electron chi connectivity index (χ1n) is 7.05. The van der Waals surface area contributed by atoms with E-state index in [1.807, 2.05) is 0 Å². The fourth-order valence-electron chi connectivity index (χ4n) is 3.10. The average Bonchev–Trinajstić information content (AvgIpc) is 3.10. The Morgan fingerprint density at radius 2 is 2.05 bits per heavy atom. The van der Waals surface area contributed by atoms with Crippen molar-refractivity contribution in [2.24, 2.45) is 17.8 Å². The summed E-state index contributed by atoms with van der Waals surface area (Å²) in [6, 6.07) is 0. The van der Waals surface area contributed by atoms with E-state index >= 15 is 0 Å². The molecule has 0 bridgehead atoms. The summed E-state index contributed by atoms with van der Waals surface area (Å²) in [4.78, 5) is 30.9. The van der Waals surface area contributed by atoms with Gasteiger partial charge in [-0.1, -0.05) is 30.1 Å². The third-order valence-electron chi connectivity index (χ3n) is 4.01. The molecule has 2 unspecified atom stereocenters. The Hall–Kier alpha value is -1.71. The van der Waals surface area contributed by atoms with Crippen LogP contribution < -0.4 is 4.90 Å². The minimum absolute atomic E-state index is 0.0172. The van der Waals surface area contributed by atoms with Crippen molar-refractivity contribution in [3.63, 3.8) is 0 Å². The molecular weight excluding hydrogens is 288 g/mol. The van der Waals surface area contributed by atoms with Gasteiger partial charge in [-0.15, -0.1) is 0 Å². The molecule has 2 fully saturated rings. The van der Waals surface area contributed by atoms with Crippen molar-refractivity contribution in [3.05, 3.63) is 11.1 Å². The van der Waals surface area contributed by atoms with Crippen LogP contribution in [-0.4, -0.2) is 28.5 Å². The second kappa shape index (κ2) is 5.58. The zero-order valence-electron chi connectivity index (χ0n) is 11.7. The molecule has 1 N–H and O–H groups in total. The highest BCUT2D eigenvalue weighted by Gasteiger charge is 2.52. The number of imide groups is 1. The van der Waals surface area contributed by atoms with Crippen LogP contribution in [0.2, 0.25) is 0 Å². The van der Waals surface area contributed by atoms with E-state index in [0.29, 0.717) is 22.3 Å². The number of carbonyl (C=O) groups excluding carboxylic acids is 2.